The zero-order valence-corrected chi connectivity index (χ0v) is 86.8. The van der Waals surface area contributed by atoms with Gasteiger partial charge in [-0.3, -0.25) is 0 Å². The number of hydrogen-bond acceptors (Lipinski definition) is 21. The highest BCUT2D eigenvalue weighted by Gasteiger charge is 2.50. The molecule has 1 saturated heterocycles. The SMILES string of the molecule is CC(F)(F)S(=O)(=O)[N-]S(=O)(=O)C(F)(F)F.CC(F)(F)S(=O)(=O)[N-]S(=O)(=O)C(F)(F)F.CC[N+](C)(C)CCO[Si](C)(C)CC.CC[N+](C)(C)CCO[Si](CC)(CC)CC.C[N+]1(CCO[Si](C)(C)C)CCCC1.C[n+]1ccn(CCOC(C)(C)C)c1.Cc1n(CCOC(C)(C)C)cc[n+]1C.O=S(=O)([N-]S(=O)(=O)C(F)(F)F)C(F)(F)F.O=S(=O)([N-]S(=O)(=O)C(F)(F)F)C(F)(F)F.[Cl-]. The summed E-state index contributed by atoms with van der Waals surface area (Å²) in [6, 6.07) is 5.01. The van der Waals surface area contributed by atoms with Crippen molar-refractivity contribution in [2.45, 2.75) is 241 Å². The first-order valence-corrected chi connectivity index (χ1v) is 58.3. The summed E-state index contributed by atoms with van der Waals surface area (Å²) in [5, 5.41) is -9.41. The molecule has 0 unspecified atom stereocenters. The van der Waals surface area contributed by atoms with Gasteiger partial charge < -0.3 is 65.1 Å². The third-order valence-electron chi connectivity index (χ3n) is 17.0. The van der Waals surface area contributed by atoms with Crippen molar-refractivity contribution in [1.29, 1.82) is 0 Å². The fraction of sp³-hybridized carbons (Fsp3) is 0.905. The van der Waals surface area contributed by atoms with Gasteiger partial charge in [0.25, 0.3) is 5.82 Å². The summed E-state index contributed by atoms with van der Waals surface area (Å²) in [4.78, 5) is 0. The van der Waals surface area contributed by atoms with Crippen LogP contribution in [0.25, 0.3) is 16.5 Å². The number of likely N-dealkylation sites (tertiary alicyclic amines) is 1. The standard InChI is InChI=1S/C12H30NOSi.C11H21N2O.C10H19N2O.C10H24NOSi.C10H26NOSi.2C3H3F5NO4S2.2C2F6NO4S2.ClH/c1-7-13(5,6)11-12-14-15(8-2,9-3)10-4;1-10-12(5)6-7-13(10)8-9-14-11(2,3)4;1-10(2,3)13-8-7-12-6-5-11(4)9-12;1-11(7-5-6-8-11)9-10-12-13(2,3)4;1-7-11(3,4)9-10-12-13(5,6)8-2;2*1-2(4,5)14(10,11)9-15(12,13)3(6,7)8;2*3-1(4,5)14(10,11)9-15(12,13)2(6,7)8;/h7-12H2,1-6H3;6-7H,8-9H2,1-5H3;5-6,9H,7-8H2,1-4H3;5-10H2,1-4H3;7-10H2,1-6H3;2*1H3;;;1H/q5*+1;4*-1;/p-1. The molecule has 0 amide bonds. The van der Waals surface area contributed by atoms with Gasteiger partial charge in [0.15, 0.2) is 85.1 Å². The largest absolute Gasteiger partial charge is 1.00 e. The van der Waals surface area contributed by atoms with Crippen LogP contribution in [0, 0.1) is 6.92 Å². The van der Waals surface area contributed by atoms with E-state index in [4.69, 9.17) is 22.8 Å². The zero-order valence-electron chi connectivity index (χ0n) is 76.5. The number of alkyl halides is 22. The molecule has 0 atom stereocenters. The lowest BCUT2D eigenvalue weighted by Gasteiger charge is -2.32. The smallest absolute Gasteiger partial charge is 0.480 e. The van der Waals surface area contributed by atoms with Gasteiger partial charge in [0.1, 0.15) is 77.6 Å². The molecule has 0 N–H and O–H groups in total. The Labute approximate surface area is 754 Å². The Balaban J connectivity index is -0.000000259. The van der Waals surface area contributed by atoms with Crippen LogP contribution in [0.1, 0.15) is 116 Å². The van der Waals surface area contributed by atoms with Crippen molar-refractivity contribution in [3.8, 4) is 0 Å². The van der Waals surface area contributed by atoms with Gasteiger partial charge in [0, 0.05) is 33.6 Å². The average molecular weight is 2170 g/mol. The van der Waals surface area contributed by atoms with Gasteiger partial charge >= 0.3 is 43.6 Å². The summed E-state index contributed by atoms with van der Waals surface area (Å²) in [5.74, 6) is 1.25. The van der Waals surface area contributed by atoms with Crippen molar-refractivity contribution in [2.75, 3.05) is 114 Å². The van der Waals surface area contributed by atoms with E-state index in [2.05, 4.69) is 191 Å². The molecule has 0 radical (unpaired) electrons. The van der Waals surface area contributed by atoms with Gasteiger partial charge in [-0.25, -0.2) is 85.6 Å². The van der Waals surface area contributed by atoms with Crippen LogP contribution in [0.2, 0.25) is 56.9 Å². The van der Waals surface area contributed by atoms with E-state index in [0.29, 0.717) is 0 Å². The number of imidazole rings is 2. The average Bonchev–Trinajstić information content (AvgIpc) is 1.57. The second-order valence-corrected chi connectivity index (χ2v) is 60.7. The molecule has 1 fully saturated rings. The number of aryl methyl sites for hydroxylation is 2. The Morgan fingerprint density at radius 3 is 0.930 bits per heavy atom. The van der Waals surface area contributed by atoms with Crippen LogP contribution < -0.4 is 21.5 Å². The summed E-state index contributed by atoms with van der Waals surface area (Å²) in [5.41, 5.74) is -37.0. The minimum absolute atomic E-state index is 0. The molecule has 0 spiro atoms. The Hall–Kier alpha value is -3.06. The lowest BCUT2D eigenvalue weighted by molar-refractivity contribution is -0.897. The predicted octanol–water partition coefficient (Wildman–Crippen LogP) is 11.5. The van der Waals surface area contributed by atoms with Crippen LogP contribution in [-0.2, 0) is 130 Å². The van der Waals surface area contributed by atoms with Crippen LogP contribution in [-0.4, -0.2) is 284 Å². The highest BCUT2D eigenvalue weighted by Crippen LogP contribution is 2.40. The van der Waals surface area contributed by atoms with Crippen molar-refractivity contribution in [1.82, 2.24) is 9.13 Å². The summed E-state index contributed by atoms with van der Waals surface area (Å²) in [6.45, 7) is 53.7. The third-order valence-corrected chi connectivity index (χ3v) is 37.1. The molecule has 66 heteroatoms. The fourth-order valence-electron chi connectivity index (χ4n) is 7.73. The van der Waals surface area contributed by atoms with E-state index >= 15 is 0 Å². The second kappa shape index (κ2) is 53.2. The zero-order chi connectivity index (χ0) is 104. The van der Waals surface area contributed by atoms with Crippen molar-refractivity contribution in [3.63, 3.8) is 0 Å². The monoisotopic (exact) mass is 2170 g/mol. The first-order chi connectivity index (χ1) is 55.9. The number of hydrogen-bond donors (Lipinski definition) is 0. The number of aromatic nitrogens is 4. The number of quaternary nitrogens is 3. The van der Waals surface area contributed by atoms with Crippen molar-refractivity contribution in [3.05, 3.63) is 53.4 Å². The Morgan fingerprint density at radius 2 is 0.705 bits per heavy atom. The van der Waals surface area contributed by atoms with Crippen molar-refractivity contribution in [2.24, 2.45) is 14.1 Å². The molecule has 32 nitrogen and oxygen atoms in total. The molecule has 1 aliphatic rings. The van der Waals surface area contributed by atoms with Crippen LogP contribution in [0.5, 0.6) is 0 Å². The lowest BCUT2D eigenvalue weighted by Crippen LogP contribution is -3.00. The van der Waals surface area contributed by atoms with Gasteiger partial charge in [-0.05, 0) is 112 Å². The third kappa shape index (κ3) is 58.3. The predicted molar refractivity (Wildman–Crippen MR) is 441 cm³/mol. The maximum Gasteiger partial charge on any atom is 0.480 e. The molecule has 2 aromatic heterocycles. The Morgan fingerprint density at radius 1 is 0.419 bits per heavy atom. The maximum atomic E-state index is 12.1. The van der Waals surface area contributed by atoms with Gasteiger partial charge in [-0.1, -0.05) is 27.7 Å². The van der Waals surface area contributed by atoms with Crippen LogP contribution in [0.3, 0.4) is 0 Å². The lowest BCUT2D eigenvalue weighted by atomic mass is 10.2. The molecular weight excluding hydrogens is 2040 g/mol. The number of nitrogens with zero attached hydrogens (tertiary/aromatic N) is 11. The summed E-state index contributed by atoms with van der Waals surface area (Å²) in [7, 11) is -40.4. The number of halogens is 23. The highest BCUT2D eigenvalue weighted by atomic mass is 35.5. The highest BCUT2D eigenvalue weighted by molar-refractivity contribution is 8.14. The number of sulfonamides is 8. The molecule has 0 aliphatic carbocycles. The minimum atomic E-state index is -6.72. The first kappa shape index (κ1) is 139. The van der Waals surface area contributed by atoms with Gasteiger partial charge in [0.2, 0.25) is 6.33 Å². The molecule has 780 valence electrons. The number of rotatable bonds is 34. The normalized spacial score (nSPS) is 14.8. The van der Waals surface area contributed by atoms with Crippen LogP contribution in [0.15, 0.2) is 31.1 Å². The van der Waals surface area contributed by atoms with E-state index in [1.54, 1.807) is 0 Å². The Bertz CT molecular complexity index is 4040. The topological polar surface area (TPSA) is 393 Å². The maximum absolute atomic E-state index is 12.1. The van der Waals surface area contributed by atoms with E-state index < -0.39 is 149 Å². The molecule has 129 heavy (non-hydrogen) atoms. The van der Waals surface area contributed by atoms with E-state index in [-0.39, 0.29) is 37.5 Å². The second-order valence-electron chi connectivity index (χ2n) is 32.7. The van der Waals surface area contributed by atoms with Crippen LogP contribution >= 0.6 is 0 Å². The number of likely N-dealkylation sites (N-methyl/N-ethyl adjacent to an activating group) is 3. The van der Waals surface area contributed by atoms with E-state index in [1.807, 2.05) is 30.3 Å². The molecule has 0 saturated carbocycles. The summed E-state index contributed by atoms with van der Waals surface area (Å²) in [6.07, 6.45) is 13.1. The molecule has 2 aromatic rings. The molecule has 3 heterocycles. The van der Waals surface area contributed by atoms with Crippen LogP contribution in [0.4, 0.5) is 96.6 Å². The Kier molecular flexibility index (Phi) is 57.3. The van der Waals surface area contributed by atoms with Gasteiger partial charge in [0.05, 0.1) is 120 Å². The van der Waals surface area contributed by atoms with E-state index in [1.165, 1.54) is 80.0 Å². The van der Waals surface area contributed by atoms with Crippen molar-refractivity contribution >= 4 is 105 Å². The van der Waals surface area contributed by atoms with Crippen molar-refractivity contribution < 1.29 is 222 Å². The van der Waals surface area contributed by atoms with Gasteiger partial charge in [-0.15, -0.1) is 0 Å². The van der Waals surface area contributed by atoms with E-state index in [0.717, 1.165) is 84.7 Å². The summed E-state index contributed by atoms with van der Waals surface area (Å²) >= 11 is 0. The number of ether oxygens (including phenoxy) is 2. The molecular formula is C63H126ClF22N11O21S8Si3. The molecule has 3 rings (SSSR count). The molecule has 0 bridgehead atoms. The van der Waals surface area contributed by atoms with E-state index in [9.17, 15) is 164 Å². The first-order valence-electron chi connectivity index (χ1n) is 37.7. The summed E-state index contributed by atoms with van der Waals surface area (Å²) < 4.78 is 461. The fourth-order valence-corrected chi connectivity index (χ4v) is 19.1. The quantitative estimate of drug-likeness (QED) is 0.0272. The van der Waals surface area contributed by atoms with Gasteiger partial charge in [-0.2, -0.15) is 96.6 Å². The molecule has 1 aliphatic heterocycles. The minimum Gasteiger partial charge on any atom is -1.00 e. The molecule has 0 aromatic carbocycles.